The first kappa shape index (κ1) is 13.3. The number of aliphatic carboxylic acids is 1. The van der Waals surface area contributed by atoms with E-state index >= 15 is 0 Å². The van der Waals surface area contributed by atoms with Crippen LogP contribution in [0.1, 0.15) is 6.42 Å². The maximum atomic E-state index is 12.3. The lowest BCUT2D eigenvalue weighted by Gasteiger charge is -2.25. The zero-order valence-electron chi connectivity index (χ0n) is 10.6. The predicted octanol–water partition coefficient (Wildman–Crippen LogP) is 1.24. The van der Waals surface area contributed by atoms with Crippen LogP contribution in [0.15, 0.2) is 47.4 Å². The molecule has 2 aliphatic carbocycles. The van der Waals surface area contributed by atoms with Crippen molar-refractivity contribution in [1.29, 1.82) is 0 Å². The maximum absolute atomic E-state index is 12.3. The van der Waals surface area contributed by atoms with Crippen LogP contribution in [-0.2, 0) is 14.8 Å². The first-order chi connectivity index (χ1) is 9.49. The normalized spacial score (nSPS) is 31.6. The number of rotatable bonds is 4. The highest BCUT2D eigenvalue weighted by Gasteiger charge is 2.49. The first-order valence-corrected chi connectivity index (χ1v) is 7.96. The molecule has 0 heterocycles. The fourth-order valence-electron chi connectivity index (χ4n) is 3.17. The molecule has 2 bridgehead atoms. The number of carboxylic acid groups (broad SMARTS) is 1. The summed E-state index contributed by atoms with van der Waals surface area (Å²) < 4.78 is 27.2. The predicted molar refractivity (Wildman–Crippen MR) is 72.4 cm³/mol. The molecule has 0 saturated heterocycles. The van der Waals surface area contributed by atoms with Crippen LogP contribution in [0.2, 0.25) is 0 Å². The minimum absolute atomic E-state index is 0.0282. The molecular weight excluding hydrogens is 278 g/mol. The van der Waals surface area contributed by atoms with Crippen LogP contribution in [0.5, 0.6) is 0 Å². The van der Waals surface area contributed by atoms with Gasteiger partial charge in [0.25, 0.3) is 0 Å². The summed E-state index contributed by atoms with van der Waals surface area (Å²) in [5, 5.41) is 9.30. The van der Waals surface area contributed by atoms with Crippen molar-refractivity contribution in [2.45, 2.75) is 17.4 Å². The second-order valence-corrected chi connectivity index (χ2v) is 6.99. The number of benzene rings is 1. The molecule has 106 valence electrons. The van der Waals surface area contributed by atoms with Crippen molar-refractivity contribution >= 4 is 16.0 Å². The molecule has 1 fully saturated rings. The highest BCUT2D eigenvalue weighted by atomic mass is 32.2. The van der Waals surface area contributed by atoms with E-state index in [-0.39, 0.29) is 16.7 Å². The molecule has 6 heteroatoms. The third-order valence-electron chi connectivity index (χ3n) is 4.09. The molecule has 2 aliphatic rings. The Morgan fingerprint density at radius 2 is 1.80 bits per heavy atom. The summed E-state index contributed by atoms with van der Waals surface area (Å²) in [5.74, 6) is -1.72. The van der Waals surface area contributed by atoms with Crippen molar-refractivity contribution in [3.05, 3.63) is 42.5 Å². The molecule has 4 atom stereocenters. The van der Waals surface area contributed by atoms with E-state index < -0.39 is 28.0 Å². The molecular formula is C14H15NO4S. The van der Waals surface area contributed by atoms with Crippen molar-refractivity contribution in [2.24, 2.45) is 17.8 Å². The highest BCUT2D eigenvalue weighted by molar-refractivity contribution is 7.89. The Morgan fingerprint density at radius 3 is 2.45 bits per heavy atom. The van der Waals surface area contributed by atoms with Gasteiger partial charge in [-0.2, -0.15) is 0 Å². The molecule has 2 N–H and O–H groups in total. The lowest BCUT2D eigenvalue weighted by Crippen LogP contribution is -2.45. The van der Waals surface area contributed by atoms with Gasteiger partial charge in [-0.3, -0.25) is 4.79 Å². The van der Waals surface area contributed by atoms with Gasteiger partial charge in [-0.25, -0.2) is 13.1 Å². The second kappa shape index (κ2) is 4.71. The van der Waals surface area contributed by atoms with E-state index in [0.29, 0.717) is 6.42 Å². The lowest BCUT2D eigenvalue weighted by molar-refractivity contribution is -0.143. The minimum atomic E-state index is -3.68. The number of carboxylic acids is 1. The molecule has 20 heavy (non-hydrogen) atoms. The molecule has 1 aromatic carbocycles. The summed E-state index contributed by atoms with van der Waals surface area (Å²) in [5.41, 5.74) is 0. The van der Waals surface area contributed by atoms with Crippen molar-refractivity contribution in [2.75, 3.05) is 0 Å². The summed E-state index contributed by atoms with van der Waals surface area (Å²) in [7, 11) is -3.68. The van der Waals surface area contributed by atoms with E-state index in [9.17, 15) is 18.3 Å². The average molecular weight is 293 g/mol. The summed E-state index contributed by atoms with van der Waals surface area (Å²) >= 11 is 0. The Labute approximate surface area is 117 Å². The Kier molecular flexibility index (Phi) is 3.14. The number of sulfonamides is 1. The lowest BCUT2D eigenvalue weighted by atomic mass is 9.90. The molecule has 1 aromatic rings. The van der Waals surface area contributed by atoms with Crippen molar-refractivity contribution in [1.82, 2.24) is 4.72 Å². The van der Waals surface area contributed by atoms with Crippen molar-refractivity contribution in [3.8, 4) is 0 Å². The van der Waals surface area contributed by atoms with Crippen molar-refractivity contribution < 1.29 is 18.3 Å². The minimum Gasteiger partial charge on any atom is -0.481 e. The summed E-state index contributed by atoms with van der Waals surface area (Å²) in [6, 6.07) is 7.46. The van der Waals surface area contributed by atoms with Crippen LogP contribution in [0.4, 0.5) is 0 Å². The van der Waals surface area contributed by atoms with Crippen LogP contribution >= 0.6 is 0 Å². The van der Waals surface area contributed by atoms with Crippen LogP contribution in [0, 0.1) is 17.8 Å². The Hall–Kier alpha value is -1.66. The van der Waals surface area contributed by atoms with Gasteiger partial charge in [-0.15, -0.1) is 0 Å². The monoisotopic (exact) mass is 293 g/mol. The third kappa shape index (κ3) is 2.14. The number of allylic oxidation sites excluding steroid dienone is 1. The first-order valence-electron chi connectivity index (χ1n) is 6.47. The molecule has 5 nitrogen and oxygen atoms in total. The van der Waals surface area contributed by atoms with E-state index in [0.717, 1.165) is 0 Å². The van der Waals surface area contributed by atoms with Crippen LogP contribution in [0.3, 0.4) is 0 Å². The summed E-state index contributed by atoms with van der Waals surface area (Å²) in [6.07, 6.45) is 4.51. The number of hydrogen-bond acceptors (Lipinski definition) is 3. The fraction of sp³-hybridized carbons (Fsp3) is 0.357. The van der Waals surface area contributed by atoms with Gasteiger partial charge in [-0.05, 0) is 30.4 Å². The van der Waals surface area contributed by atoms with Crippen LogP contribution < -0.4 is 4.72 Å². The second-order valence-electron chi connectivity index (χ2n) is 5.27. The number of nitrogens with one attached hydrogen (secondary N) is 1. The standard InChI is InChI=1S/C14H15NO4S/c16-14(17)12-9-6-7-10(8-9)13(12)15-20(18,19)11-4-2-1-3-5-11/h1-7,9-10,12-13,15H,8H2,(H,16,17). The quantitative estimate of drug-likeness (QED) is 0.818. The topological polar surface area (TPSA) is 83.5 Å². The number of fused-ring (bicyclic) bond motifs is 2. The fourth-order valence-corrected chi connectivity index (χ4v) is 4.50. The van der Waals surface area contributed by atoms with Crippen molar-refractivity contribution in [3.63, 3.8) is 0 Å². The molecule has 3 rings (SSSR count). The molecule has 1 saturated carbocycles. The molecule has 0 radical (unpaired) electrons. The molecule has 0 aliphatic heterocycles. The molecule has 0 aromatic heterocycles. The highest BCUT2D eigenvalue weighted by Crippen LogP contribution is 2.44. The number of carbonyl (C=O) groups is 1. The Bertz CT molecular complexity index is 653. The third-order valence-corrected chi connectivity index (χ3v) is 5.56. The van der Waals surface area contributed by atoms with Gasteiger partial charge < -0.3 is 5.11 Å². The molecule has 0 spiro atoms. The molecule has 4 unspecified atom stereocenters. The number of hydrogen-bond donors (Lipinski definition) is 2. The molecule has 0 amide bonds. The van der Waals surface area contributed by atoms with Gasteiger partial charge in [0.2, 0.25) is 10.0 Å². The van der Waals surface area contributed by atoms with E-state index in [1.165, 1.54) is 12.1 Å². The smallest absolute Gasteiger partial charge is 0.308 e. The van der Waals surface area contributed by atoms with Crippen LogP contribution in [0.25, 0.3) is 0 Å². The van der Waals surface area contributed by atoms with Gasteiger partial charge in [0.15, 0.2) is 0 Å². The van der Waals surface area contributed by atoms with Crippen LogP contribution in [-0.4, -0.2) is 25.5 Å². The van der Waals surface area contributed by atoms with Gasteiger partial charge in [-0.1, -0.05) is 30.4 Å². The summed E-state index contributed by atoms with van der Waals surface area (Å²) in [4.78, 5) is 11.5. The SMILES string of the molecule is O=C(O)C1C2C=CC(C2)C1NS(=O)(=O)c1ccccc1. The van der Waals surface area contributed by atoms with Gasteiger partial charge >= 0.3 is 5.97 Å². The van der Waals surface area contributed by atoms with Gasteiger partial charge in [0.05, 0.1) is 10.8 Å². The Balaban J connectivity index is 1.88. The van der Waals surface area contributed by atoms with Gasteiger partial charge in [0, 0.05) is 6.04 Å². The maximum Gasteiger partial charge on any atom is 0.308 e. The van der Waals surface area contributed by atoms with Gasteiger partial charge in [0.1, 0.15) is 0 Å². The van der Waals surface area contributed by atoms with E-state index in [4.69, 9.17) is 0 Å². The van der Waals surface area contributed by atoms with E-state index in [1.807, 2.05) is 12.2 Å². The van der Waals surface area contributed by atoms with E-state index in [2.05, 4.69) is 4.72 Å². The average Bonchev–Trinajstić information content (AvgIpc) is 3.00. The largest absolute Gasteiger partial charge is 0.481 e. The zero-order chi connectivity index (χ0) is 14.3. The Morgan fingerprint density at radius 1 is 1.15 bits per heavy atom. The van der Waals surface area contributed by atoms with E-state index in [1.54, 1.807) is 18.2 Å². The summed E-state index contributed by atoms with van der Waals surface area (Å²) in [6.45, 7) is 0. The zero-order valence-corrected chi connectivity index (χ0v) is 11.5.